The molecule has 0 saturated carbocycles. The molecule has 0 aromatic heterocycles. The van der Waals surface area contributed by atoms with E-state index in [1.165, 1.54) is 0 Å². The van der Waals surface area contributed by atoms with Crippen LogP contribution in [-0.2, 0) is 0 Å². The highest BCUT2D eigenvalue weighted by Crippen LogP contribution is 2.34. The lowest BCUT2D eigenvalue weighted by molar-refractivity contribution is 0.202. The van der Waals surface area contributed by atoms with Crippen molar-refractivity contribution in [3.63, 3.8) is 0 Å². The number of nitrogens with zero attached hydrogens (tertiary/aromatic N) is 1. The van der Waals surface area contributed by atoms with Crippen LogP contribution < -0.4 is 5.73 Å². The molecule has 2 nitrogen and oxygen atoms in total. The number of hydrogen-bond acceptors (Lipinski definition) is 2. The van der Waals surface area contributed by atoms with Gasteiger partial charge in [0.15, 0.2) is 0 Å². The summed E-state index contributed by atoms with van der Waals surface area (Å²) in [6, 6.07) is 12.3. The fourth-order valence-electron chi connectivity index (χ4n) is 2.42. The Hall–Kier alpha value is -1.33. The van der Waals surface area contributed by atoms with E-state index in [2.05, 4.69) is 33.8 Å². The van der Waals surface area contributed by atoms with Crippen molar-refractivity contribution in [2.45, 2.75) is 45.6 Å². The molecule has 0 bridgehead atoms. The van der Waals surface area contributed by atoms with Gasteiger partial charge in [0, 0.05) is 5.54 Å². The van der Waals surface area contributed by atoms with Crippen molar-refractivity contribution < 1.29 is 0 Å². The first-order chi connectivity index (χ1) is 8.41. The standard InChI is InChI=1S/C16H24N2/c1-12(2)16(18,13(3)4)10-15(11-17)14-8-6-5-7-9-14/h5-9,12-13,15H,10,18H2,1-4H3. The first-order valence-corrected chi connectivity index (χ1v) is 6.65. The van der Waals surface area contributed by atoms with Crippen LogP contribution in [0.5, 0.6) is 0 Å². The summed E-state index contributed by atoms with van der Waals surface area (Å²) in [4.78, 5) is 0. The van der Waals surface area contributed by atoms with Crippen molar-refractivity contribution >= 4 is 0 Å². The van der Waals surface area contributed by atoms with Crippen LogP contribution in [0.3, 0.4) is 0 Å². The molecule has 0 heterocycles. The lowest BCUT2D eigenvalue weighted by atomic mass is 9.71. The van der Waals surface area contributed by atoms with E-state index in [1.807, 2.05) is 30.3 Å². The van der Waals surface area contributed by atoms with E-state index < -0.39 is 0 Å². The second-order valence-electron chi connectivity index (χ2n) is 5.72. The Balaban J connectivity index is 2.96. The summed E-state index contributed by atoms with van der Waals surface area (Å²) >= 11 is 0. The average molecular weight is 244 g/mol. The predicted molar refractivity (Wildman–Crippen MR) is 76.0 cm³/mol. The van der Waals surface area contributed by atoms with Crippen LogP contribution >= 0.6 is 0 Å². The van der Waals surface area contributed by atoms with Gasteiger partial charge in [-0.15, -0.1) is 0 Å². The van der Waals surface area contributed by atoms with Gasteiger partial charge in [-0.25, -0.2) is 0 Å². The molecule has 18 heavy (non-hydrogen) atoms. The van der Waals surface area contributed by atoms with Gasteiger partial charge >= 0.3 is 0 Å². The van der Waals surface area contributed by atoms with Crippen LogP contribution in [0, 0.1) is 23.2 Å². The summed E-state index contributed by atoms with van der Waals surface area (Å²) in [5.74, 6) is 0.593. The Kier molecular flexibility index (Phi) is 4.93. The van der Waals surface area contributed by atoms with Crippen molar-refractivity contribution in [1.82, 2.24) is 0 Å². The summed E-state index contributed by atoms with van der Waals surface area (Å²) in [7, 11) is 0. The van der Waals surface area contributed by atoms with E-state index in [0.717, 1.165) is 5.56 Å². The smallest absolute Gasteiger partial charge is 0.0730 e. The zero-order chi connectivity index (χ0) is 13.8. The van der Waals surface area contributed by atoms with Gasteiger partial charge in [0.25, 0.3) is 0 Å². The molecule has 98 valence electrons. The van der Waals surface area contributed by atoms with Crippen molar-refractivity contribution in [3.8, 4) is 6.07 Å². The summed E-state index contributed by atoms with van der Waals surface area (Å²) in [5, 5.41) is 9.40. The number of nitriles is 1. The molecule has 1 aromatic rings. The van der Waals surface area contributed by atoms with Crippen molar-refractivity contribution in [1.29, 1.82) is 5.26 Å². The SMILES string of the molecule is CC(C)C(N)(CC(C#N)c1ccccc1)C(C)C. The highest BCUT2D eigenvalue weighted by molar-refractivity contribution is 5.25. The molecule has 2 heteroatoms. The maximum Gasteiger partial charge on any atom is 0.0730 e. The number of hydrogen-bond donors (Lipinski definition) is 1. The molecule has 0 aliphatic rings. The fourth-order valence-corrected chi connectivity index (χ4v) is 2.42. The van der Waals surface area contributed by atoms with E-state index in [0.29, 0.717) is 18.3 Å². The lowest BCUT2D eigenvalue weighted by Gasteiger charge is -2.39. The van der Waals surface area contributed by atoms with Crippen LogP contribution in [0.1, 0.15) is 45.6 Å². The van der Waals surface area contributed by atoms with Gasteiger partial charge in [0.1, 0.15) is 0 Å². The second kappa shape index (κ2) is 6.02. The minimum atomic E-state index is -0.295. The van der Waals surface area contributed by atoms with Gasteiger partial charge in [0.2, 0.25) is 0 Å². The molecule has 1 unspecified atom stereocenters. The van der Waals surface area contributed by atoms with Crippen LogP contribution in [-0.4, -0.2) is 5.54 Å². The van der Waals surface area contributed by atoms with E-state index in [9.17, 15) is 5.26 Å². The van der Waals surface area contributed by atoms with Crippen molar-refractivity contribution in [2.24, 2.45) is 17.6 Å². The fraction of sp³-hybridized carbons (Fsp3) is 0.562. The number of benzene rings is 1. The minimum absolute atomic E-state index is 0.124. The Bertz CT molecular complexity index is 393. The Morgan fingerprint density at radius 1 is 1.11 bits per heavy atom. The Labute approximate surface area is 111 Å². The second-order valence-corrected chi connectivity index (χ2v) is 5.72. The third-order valence-electron chi connectivity index (χ3n) is 4.07. The molecule has 2 N–H and O–H groups in total. The zero-order valence-corrected chi connectivity index (χ0v) is 11.9. The molecular weight excluding hydrogens is 220 g/mol. The quantitative estimate of drug-likeness (QED) is 0.858. The molecule has 0 aliphatic heterocycles. The van der Waals surface area contributed by atoms with Crippen molar-refractivity contribution in [3.05, 3.63) is 35.9 Å². The molecule has 0 aliphatic carbocycles. The third-order valence-corrected chi connectivity index (χ3v) is 4.07. The third kappa shape index (κ3) is 3.11. The van der Waals surface area contributed by atoms with E-state index in [-0.39, 0.29) is 11.5 Å². The number of rotatable bonds is 5. The average Bonchev–Trinajstić information content (AvgIpc) is 2.36. The van der Waals surface area contributed by atoms with Gasteiger partial charge in [-0.1, -0.05) is 58.0 Å². The van der Waals surface area contributed by atoms with Gasteiger partial charge in [-0.05, 0) is 23.8 Å². The maximum absolute atomic E-state index is 9.40. The highest BCUT2D eigenvalue weighted by atomic mass is 14.8. The largest absolute Gasteiger partial charge is 0.325 e. The molecule has 1 rings (SSSR count). The van der Waals surface area contributed by atoms with E-state index >= 15 is 0 Å². The first-order valence-electron chi connectivity index (χ1n) is 6.65. The van der Waals surface area contributed by atoms with Gasteiger partial charge in [0.05, 0.1) is 12.0 Å². The summed E-state index contributed by atoms with van der Waals surface area (Å²) in [6.45, 7) is 8.55. The Morgan fingerprint density at radius 2 is 1.61 bits per heavy atom. The van der Waals surface area contributed by atoms with Gasteiger partial charge in [-0.3, -0.25) is 0 Å². The van der Waals surface area contributed by atoms with Crippen LogP contribution in [0.4, 0.5) is 0 Å². The van der Waals surface area contributed by atoms with Crippen molar-refractivity contribution in [2.75, 3.05) is 0 Å². The lowest BCUT2D eigenvalue weighted by Crippen LogP contribution is -2.50. The van der Waals surface area contributed by atoms with E-state index in [4.69, 9.17) is 5.73 Å². The van der Waals surface area contributed by atoms with Crippen LogP contribution in [0.2, 0.25) is 0 Å². The topological polar surface area (TPSA) is 49.8 Å². The summed E-state index contributed by atoms with van der Waals surface area (Å²) < 4.78 is 0. The molecule has 0 saturated heterocycles. The molecular formula is C16H24N2. The predicted octanol–water partition coefficient (Wildman–Crippen LogP) is 3.69. The molecule has 0 fully saturated rings. The number of nitrogens with two attached hydrogens (primary N) is 1. The van der Waals surface area contributed by atoms with Crippen LogP contribution in [0.15, 0.2) is 30.3 Å². The minimum Gasteiger partial charge on any atom is -0.325 e. The molecule has 0 radical (unpaired) electrons. The zero-order valence-electron chi connectivity index (χ0n) is 11.9. The van der Waals surface area contributed by atoms with Gasteiger partial charge < -0.3 is 5.73 Å². The Morgan fingerprint density at radius 3 is 2.00 bits per heavy atom. The molecule has 0 amide bonds. The summed E-state index contributed by atoms with van der Waals surface area (Å²) in [6.07, 6.45) is 0.711. The maximum atomic E-state index is 9.40. The van der Waals surface area contributed by atoms with Gasteiger partial charge in [-0.2, -0.15) is 5.26 Å². The van der Waals surface area contributed by atoms with Crippen LogP contribution in [0.25, 0.3) is 0 Å². The molecule has 0 spiro atoms. The molecule has 1 atom stereocenters. The molecule has 1 aromatic carbocycles. The first kappa shape index (κ1) is 14.7. The van der Waals surface area contributed by atoms with E-state index in [1.54, 1.807) is 0 Å². The normalized spacial score (nSPS) is 13.7. The summed E-state index contributed by atoms with van der Waals surface area (Å²) in [5.41, 5.74) is 7.32. The highest BCUT2D eigenvalue weighted by Gasteiger charge is 2.35. The monoisotopic (exact) mass is 244 g/mol.